The van der Waals surface area contributed by atoms with Gasteiger partial charge < -0.3 is 15.0 Å². The van der Waals surface area contributed by atoms with Crippen molar-refractivity contribution >= 4 is 18.4 Å². The largest absolute Gasteiger partial charge is 0.493 e. The van der Waals surface area contributed by atoms with Crippen molar-refractivity contribution in [2.45, 2.75) is 25.2 Å². The van der Waals surface area contributed by atoms with Gasteiger partial charge in [-0.05, 0) is 37.1 Å². The first-order chi connectivity index (χ1) is 11.6. The number of aryl methyl sites for hydroxylation is 1. The number of nitrogen functional groups attached to an aromatic ring is 1. The Labute approximate surface area is 148 Å². The Morgan fingerprint density at radius 2 is 1.83 bits per heavy atom. The van der Waals surface area contributed by atoms with E-state index in [-0.39, 0.29) is 0 Å². The van der Waals surface area contributed by atoms with Crippen molar-refractivity contribution in [2.75, 3.05) is 12.3 Å². The molecule has 0 saturated heterocycles. The Morgan fingerprint density at radius 3 is 2.38 bits per heavy atom. The number of benzene rings is 2. The molecule has 0 saturated carbocycles. The molecule has 0 fully saturated rings. The topological polar surface area (TPSA) is 61.3 Å². The molecule has 5 heteroatoms. The lowest BCUT2D eigenvalue weighted by Gasteiger charge is -2.10. The van der Waals surface area contributed by atoms with Crippen LogP contribution in [0.4, 0.5) is 5.82 Å². The summed E-state index contributed by atoms with van der Waals surface area (Å²) in [4.78, 5) is 0.973. The number of hydrogen-bond acceptors (Lipinski definition) is 5. The van der Waals surface area contributed by atoms with Gasteiger partial charge in [-0.1, -0.05) is 42.4 Å². The van der Waals surface area contributed by atoms with E-state index in [9.17, 15) is 0 Å². The van der Waals surface area contributed by atoms with E-state index in [4.69, 9.17) is 10.5 Å². The summed E-state index contributed by atoms with van der Waals surface area (Å²) in [7, 11) is 0. The van der Waals surface area contributed by atoms with Crippen molar-refractivity contribution in [1.82, 2.24) is 5.16 Å². The minimum atomic E-state index is 0.442. The van der Waals surface area contributed by atoms with Crippen LogP contribution in [0.15, 0.2) is 64.0 Å². The maximum Gasteiger partial charge on any atom is 0.167 e. The van der Waals surface area contributed by atoms with Gasteiger partial charge in [-0.3, -0.25) is 0 Å². The minimum absolute atomic E-state index is 0.442. The van der Waals surface area contributed by atoms with Crippen LogP contribution in [0.2, 0.25) is 0 Å². The van der Waals surface area contributed by atoms with Gasteiger partial charge in [0.2, 0.25) is 0 Å². The predicted octanol–water partition coefficient (Wildman–Crippen LogP) is 5.00. The summed E-state index contributed by atoms with van der Waals surface area (Å²) in [5, 5.41) is 3.42. The van der Waals surface area contributed by atoms with E-state index in [2.05, 4.69) is 47.4 Å². The lowest BCUT2D eigenvalue weighted by Crippen LogP contribution is -1.96. The van der Waals surface area contributed by atoms with Gasteiger partial charge in [-0.25, -0.2) is 0 Å². The summed E-state index contributed by atoms with van der Waals surface area (Å²) in [6, 6.07) is 17.9. The summed E-state index contributed by atoms with van der Waals surface area (Å²) in [6.45, 7) is 4.66. The monoisotopic (exact) mass is 342 g/mol. The molecule has 1 aromatic heterocycles. The fourth-order valence-electron chi connectivity index (χ4n) is 2.07. The van der Waals surface area contributed by atoms with Gasteiger partial charge in [-0.15, -0.1) is 12.6 Å². The molecule has 0 aliphatic rings. The molecule has 0 spiro atoms. The molecule has 3 rings (SSSR count). The van der Waals surface area contributed by atoms with Crippen LogP contribution in [0.3, 0.4) is 0 Å². The summed E-state index contributed by atoms with van der Waals surface area (Å²) < 4.78 is 10.3. The Hall–Kier alpha value is -2.40. The molecule has 0 unspecified atom stereocenters. The van der Waals surface area contributed by atoms with Gasteiger partial charge in [0.05, 0.1) is 6.61 Å². The average Bonchev–Trinajstić information content (AvgIpc) is 2.97. The van der Waals surface area contributed by atoms with Crippen LogP contribution in [-0.2, 0) is 0 Å². The number of rotatable bonds is 4. The van der Waals surface area contributed by atoms with Crippen molar-refractivity contribution < 1.29 is 9.26 Å². The van der Waals surface area contributed by atoms with Gasteiger partial charge in [0.25, 0.3) is 0 Å². The number of thiol groups is 1. The van der Waals surface area contributed by atoms with E-state index < -0.39 is 0 Å². The van der Waals surface area contributed by atoms with Gasteiger partial charge in [0.1, 0.15) is 11.5 Å². The van der Waals surface area contributed by atoms with Crippen LogP contribution in [-0.4, -0.2) is 11.8 Å². The second kappa shape index (κ2) is 9.03. The van der Waals surface area contributed by atoms with Gasteiger partial charge in [0.15, 0.2) is 5.82 Å². The molecule has 0 bridgehead atoms. The van der Waals surface area contributed by atoms with Gasteiger partial charge in [0, 0.05) is 16.5 Å². The van der Waals surface area contributed by atoms with Crippen molar-refractivity contribution in [3.63, 3.8) is 0 Å². The van der Waals surface area contributed by atoms with Crippen molar-refractivity contribution in [1.29, 1.82) is 0 Å². The third-order valence-corrected chi connectivity index (χ3v) is 3.47. The lowest BCUT2D eigenvalue weighted by molar-refractivity contribution is 0.318. The number of aromatic nitrogens is 1. The Kier molecular flexibility index (Phi) is 6.75. The fourth-order valence-corrected chi connectivity index (χ4v) is 2.22. The van der Waals surface area contributed by atoms with Crippen LogP contribution in [0.1, 0.15) is 19.1 Å². The summed E-state index contributed by atoms with van der Waals surface area (Å²) >= 11 is 4.30. The molecule has 126 valence electrons. The molecule has 0 radical (unpaired) electrons. The molecule has 0 aliphatic heterocycles. The molecule has 0 aliphatic carbocycles. The fraction of sp³-hybridized carbons (Fsp3) is 0.211. The lowest BCUT2D eigenvalue weighted by atomic mass is 10.0. The second-order valence-corrected chi connectivity index (χ2v) is 5.77. The van der Waals surface area contributed by atoms with E-state index in [0.29, 0.717) is 5.82 Å². The van der Waals surface area contributed by atoms with Crippen LogP contribution >= 0.6 is 12.6 Å². The highest BCUT2D eigenvalue weighted by Gasteiger charge is 2.04. The number of anilines is 1. The number of hydrogen-bond donors (Lipinski definition) is 2. The Morgan fingerprint density at radius 1 is 1.12 bits per heavy atom. The zero-order valence-electron chi connectivity index (χ0n) is 13.9. The SMILES string of the molecule is CCCOc1ccccc1-c1ccc(S)cc1.Cc1cc(N)no1. The first-order valence-corrected chi connectivity index (χ1v) is 8.25. The average molecular weight is 342 g/mol. The van der Waals surface area contributed by atoms with E-state index >= 15 is 0 Å². The molecule has 24 heavy (non-hydrogen) atoms. The third kappa shape index (κ3) is 5.35. The maximum atomic E-state index is 5.75. The Bertz CT molecular complexity index is 738. The molecule has 2 aromatic carbocycles. The minimum Gasteiger partial charge on any atom is -0.493 e. The molecule has 1 heterocycles. The highest BCUT2D eigenvalue weighted by atomic mass is 32.1. The van der Waals surface area contributed by atoms with Crippen molar-refractivity contribution in [3.05, 3.63) is 60.4 Å². The molecule has 0 atom stereocenters. The van der Waals surface area contributed by atoms with Crippen LogP contribution in [0.5, 0.6) is 5.75 Å². The second-order valence-electron chi connectivity index (χ2n) is 5.25. The van der Waals surface area contributed by atoms with Crippen LogP contribution in [0, 0.1) is 6.92 Å². The number of nitrogens with zero attached hydrogens (tertiary/aromatic N) is 1. The zero-order chi connectivity index (χ0) is 17.4. The summed E-state index contributed by atoms with van der Waals surface area (Å²) in [5.74, 6) is 2.14. The first kappa shape index (κ1) is 17.9. The van der Waals surface area contributed by atoms with E-state index in [0.717, 1.165) is 40.6 Å². The van der Waals surface area contributed by atoms with Gasteiger partial charge >= 0.3 is 0 Å². The van der Waals surface area contributed by atoms with E-state index in [1.54, 1.807) is 13.0 Å². The molecular formula is C19H22N2O2S. The standard InChI is InChI=1S/C15H16OS.C4H6N2O/c1-2-11-16-15-6-4-3-5-14(15)12-7-9-13(17)10-8-12;1-3-2-4(5)6-7-3/h3-10,17H,2,11H2,1H3;2H,1H3,(H2,5,6). The third-order valence-electron chi connectivity index (χ3n) is 3.17. The van der Waals surface area contributed by atoms with Gasteiger partial charge in [-0.2, -0.15) is 0 Å². The summed E-state index contributed by atoms with van der Waals surface area (Å²) in [5.41, 5.74) is 7.47. The highest BCUT2D eigenvalue weighted by molar-refractivity contribution is 7.80. The smallest absolute Gasteiger partial charge is 0.167 e. The van der Waals surface area contributed by atoms with E-state index in [1.807, 2.05) is 30.3 Å². The molecule has 2 N–H and O–H groups in total. The maximum absolute atomic E-state index is 5.75. The predicted molar refractivity (Wildman–Crippen MR) is 101 cm³/mol. The van der Waals surface area contributed by atoms with Crippen molar-refractivity contribution in [2.24, 2.45) is 0 Å². The van der Waals surface area contributed by atoms with E-state index in [1.165, 1.54) is 0 Å². The van der Waals surface area contributed by atoms with Crippen LogP contribution < -0.4 is 10.5 Å². The number of para-hydroxylation sites is 1. The van der Waals surface area contributed by atoms with Crippen molar-refractivity contribution in [3.8, 4) is 16.9 Å². The molecule has 3 aromatic rings. The van der Waals surface area contributed by atoms with Crippen LogP contribution in [0.25, 0.3) is 11.1 Å². The number of ether oxygens (including phenoxy) is 1. The molecule has 0 amide bonds. The summed E-state index contributed by atoms with van der Waals surface area (Å²) in [6.07, 6.45) is 1.02. The number of nitrogens with two attached hydrogens (primary N) is 1. The highest BCUT2D eigenvalue weighted by Crippen LogP contribution is 2.30. The molecular weight excluding hydrogens is 320 g/mol. The normalized spacial score (nSPS) is 9.96. The first-order valence-electron chi connectivity index (χ1n) is 7.80. The Balaban J connectivity index is 0.000000249. The quantitative estimate of drug-likeness (QED) is 0.655. The zero-order valence-corrected chi connectivity index (χ0v) is 14.8. The molecule has 4 nitrogen and oxygen atoms in total.